The Bertz CT molecular complexity index is 267. The Hall–Kier alpha value is -0.740. The highest BCUT2D eigenvalue weighted by Gasteiger charge is 2.14. The molecule has 4 heteroatoms. The second-order valence-electron chi connectivity index (χ2n) is 2.42. The third-order valence-corrected chi connectivity index (χ3v) is 2.33. The van der Waals surface area contributed by atoms with Crippen molar-refractivity contribution in [3.8, 4) is 0 Å². The van der Waals surface area contributed by atoms with E-state index in [4.69, 9.17) is 5.73 Å². The average molecular weight is 170 g/mol. The van der Waals surface area contributed by atoms with E-state index < -0.39 is 6.04 Å². The van der Waals surface area contributed by atoms with E-state index in [0.29, 0.717) is 4.88 Å². The van der Waals surface area contributed by atoms with Gasteiger partial charge in [0.2, 0.25) is 0 Å². The standard InChI is InChI=1S/C7H10N2OS/c1-4(8)6(10)7-5(2)9-3-11-7/h3-4H,8H2,1-2H3/t4-/m1/s1. The Morgan fingerprint density at radius 1 is 1.82 bits per heavy atom. The van der Waals surface area contributed by atoms with Crippen LogP contribution in [-0.4, -0.2) is 16.8 Å². The van der Waals surface area contributed by atoms with Crippen molar-refractivity contribution in [2.24, 2.45) is 5.73 Å². The Morgan fingerprint density at radius 2 is 2.45 bits per heavy atom. The number of rotatable bonds is 2. The number of hydrogen-bond donors (Lipinski definition) is 1. The number of thiazole rings is 1. The molecule has 0 aliphatic heterocycles. The van der Waals surface area contributed by atoms with Crippen LogP contribution in [0, 0.1) is 6.92 Å². The van der Waals surface area contributed by atoms with Gasteiger partial charge in [0.15, 0.2) is 5.78 Å². The number of nitrogens with two attached hydrogens (primary N) is 1. The number of aryl methyl sites for hydroxylation is 1. The van der Waals surface area contributed by atoms with Crippen LogP contribution in [0.1, 0.15) is 22.3 Å². The van der Waals surface area contributed by atoms with Crippen LogP contribution < -0.4 is 5.73 Å². The quantitative estimate of drug-likeness (QED) is 0.673. The summed E-state index contributed by atoms with van der Waals surface area (Å²) in [6.07, 6.45) is 0. The van der Waals surface area contributed by atoms with Crippen molar-refractivity contribution < 1.29 is 4.79 Å². The first-order valence-electron chi connectivity index (χ1n) is 3.33. The molecule has 0 fully saturated rings. The first-order valence-corrected chi connectivity index (χ1v) is 4.20. The summed E-state index contributed by atoms with van der Waals surface area (Å²) < 4.78 is 0. The maximum absolute atomic E-state index is 11.3. The molecule has 1 aromatic rings. The van der Waals surface area contributed by atoms with Crippen LogP contribution in [0.4, 0.5) is 0 Å². The zero-order valence-corrected chi connectivity index (χ0v) is 7.31. The zero-order valence-electron chi connectivity index (χ0n) is 6.50. The molecule has 3 nitrogen and oxygen atoms in total. The highest BCUT2D eigenvalue weighted by atomic mass is 32.1. The van der Waals surface area contributed by atoms with Gasteiger partial charge in [0.05, 0.1) is 22.1 Å². The van der Waals surface area contributed by atoms with Gasteiger partial charge in [-0.05, 0) is 13.8 Å². The highest BCUT2D eigenvalue weighted by molar-refractivity contribution is 7.12. The van der Waals surface area contributed by atoms with Gasteiger partial charge in [-0.25, -0.2) is 4.98 Å². The van der Waals surface area contributed by atoms with Gasteiger partial charge in [0.25, 0.3) is 0 Å². The van der Waals surface area contributed by atoms with Crippen LogP contribution >= 0.6 is 11.3 Å². The van der Waals surface area contributed by atoms with Crippen molar-refractivity contribution in [2.45, 2.75) is 19.9 Å². The number of aromatic nitrogens is 1. The average Bonchev–Trinajstić information content (AvgIpc) is 2.33. The molecule has 2 N–H and O–H groups in total. The molecule has 1 heterocycles. The van der Waals surface area contributed by atoms with Gasteiger partial charge < -0.3 is 5.73 Å². The summed E-state index contributed by atoms with van der Waals surface area (Å²) in [6.45, 7) is 3.49. The van der Waals surface area contributed by atoms with E-state index in [1.165, 1.54) is 11.3 Å². The summed E-state index contributed by atoms with van der Waals surface area (Å²) in [7, 11) is 0. The van der Waals surface area contributed by atoms with E-state index in [0.717, 1.165) is 5.69 Å². The van der Waals surface area contributed by atoms with Gasteiger partial charge in [0, 0.05) is 0 Å². The molecule has 11 heavy (non-hydrogen) atoms. The Morgan fingerprint density at radius 3 is 2.82 bits per heavy atom. The summed E-state index contributed by atoms with van der Waals surface area (Å²) in [5.41, 5.74) is 7.86. The molecule has 0 saturated heterocycles. The molecule has 1 atom stereocenters. The second-order valence-corrected chi connectivity index (χ2v) is 3.27. The molecule has 0 aliphatic rings. The Labute approximate surface area is 69.3 Å². The summed E-state index contributed by atoms with van der Waals surface area (Å²) in [5, 5.41) is 0. The minimum absolute atomic E-state index is 0.0231. The molecular weight excluding hydrogens is 160 g/mol. The lowest BCUT2D eigenvalue weighted by atomic mass is 10.2. The predicted molar refractivity (Wildman–Crippen MR) is 44.8 cm³/mol. The molecule has 0 bridgehead atoms. The van der Waals surface area contributed by atoms with Crippen molar-refractivity contribution in [1.82, 2.24) is 4.98 Å². The van der Waals surface area contributed by atoms with Crippen LogP contribution in [0.2, 0.25) is 0 Å². The van der Waals surface area contributed by atoms with E-state index in [-0.39, 0.29) is 5.78 Å². The number of hydrogen-bond acceptors (Lipinski definition) is 4. The van der Waals surface area contributed by atoms with Gasteiger partial charge in [-0.15, -0.1) is 11.3 Å². The molecular formula is C7H10N2OS. The number of Topliss-reactive ketones (excluding diaryl/α,β-unsaturated/α-hetero) is 1. The molecule has 1 rings (SSSR count). The molecule has 0 aliphatic carbocycles. The number of carbonyl (C=O) groups is 1. The number of carbonyl (C=O) groups excluding carboxylic acids is 1. The number of nitrogens with zero attached hydrogens (tertiary/aromatic N) is 1. The van der Waals surface area contributed by atoms with E-state index in [2.05, 4.69) is 4.98 Å². The SMILES string of the molecule is Cc1ncsc1C(=O)[C@@H](C)N. The van der Waals surface area contributed by atoms with Crippen LogP contribution in [0.15, 0.2) is 5.51 Å². The van der Waals surface area contributed by atoms with Gasteiger partial charge in [-0.2, -0.15) is 0 Å². The second kappa shape index (κ2) is 3.11. The van der Waals surface area contributed by atoms with Crippen molar-refractivity contribution in [3.05, 3.63) is 16.1 Å². The fraction of sp³-hybridized carbons (Fsp3) is 0.429. The van der Waals surface area contributed by atoms with Gasteiger partial charge in [-0.3, -0.25) is 4.79 Å². The van der Waals surface area contributed by atoms with Crippen molar-refractivity contribution in [2.75, 3.05) is 0 Å². The third kappa shape index (κ3) is 1.64. The molecule has 60 valence electrons. The van der Waals surface area contributed by atoms with Gasteiger partial charge in [0.1, 0.15) is 0 Å². The van der Waals surface area contributed by atoms with Crippen LogP contribution in [-0.2, 0) is 0 Å². The van der Waals surface area contributed by atoms with Crippen LogP contribution in [0.25, 0.3) is 0 Å². The largest absolute Gasteiger partial charge is 0.321 e. The fourth-order valence-corrected chi connectivity index (χ4v) is 1.59. The first kappa shape index (κ1) is 8.36. The van der Waals surface area contributed by atoms with E-state index in [1.807, 2.05) is 6.92 Å². The van der Waals surface area contributed by atoms with Crippen LogP contribution in [0.5, 0.6) is 0 Å². The molecule has 0 radical (unpaired) electrons. The van der Waals surface area contributed by atoms with Crippen LogP contribution in [0.3, 0.4) is 0 Å². The first-order chi connectivity index (χ1) is 5.13. The number of ketones is 1. The van der Waals surface area contributed by atoms with Crippen molar-refractivity contribution in [1.29, 1.82) is 0 Å². The van der Waals surface area contributed by atoms with Gasteiger partial charge in [-0.1, -0.05) is 0 Å². The van der Waals surface area contributed by atoms with Gasteiger partial charge >= 0.3 is 0 Å². The summed E-state index contributed by atoms with van der Waals surface area (Å²) in [4.78, 5) is 15.9. The molecule has 0 spiro atoms. The van der Waals surface area contributed by atoms with E-state index in [9.17, 15) is 4.79 Å². The third-order valence-electron chi connectivity index (χ3n) is 1.38. The Kier molecular flexibility index (Phi) is 2.36. The lowest BCUT2D eigenvalue weighted by molar-refractivity contribution is 0.0971. The highest BCUT2D eigenvalue weighted by Crippen LogP contribution is 2.13. The monoisotopic (exact) mass is 170 g/mol. The smallest absolute Gasteiger partial charge is 0.191 e. The molecule has 0 amide bonds. The molecule has 0 unspecified atom stereocenters. The minimum Gasteiger partial charge on any atom is -0.321 e. The van der Waals surface area contributed by atoms with E-state index >= 15 is 0 Å². The Balaban J connectivity index is 2.93. The summed E-state index contributed by atoms with van der Waals surface area (Å²) in [5.74, 6) is -0.0231. The lowest BCUT2D eigenvalue weighted by Crippen LogP contribution is -2.26. The van der Waals surface area contributed by atoms with Crippen molar-refractivity contribution in [3.63, 3.8) is 0 Å². The van der Waals surface area contributed by atoms with E-state index in [1.54, 1.807) is 12.4 Å². The molecule has 1 aromatic heterocycles. The zero-order chi connectivity index (χ0) is 8.43. The topological polar surface area (TPSA) is 56.0 Å². The maximum atomic E-state index is 11.3. The minimum atomic E-state index is -0.422. The fourth-order valence-electron chi connectivity index (χ4n) is 0.745. The maximum Gasteiger partial charge on any atom is 0.191 e. The lowest BCUT2D eigenvalue weighted by Gasteiger charge is -2.00. The predicted octanol–water partition coefficient (Wildman–Crippen LogP) is 0.981. The molecule has 0 aromatic carbocycles. The van der Waals surface area contributed by atoms with Crippen molar-refractivity contribution >= 4 is 17.1 Å². The summed E-state index contributed by atoms with van der Waals surface area (Å²) in [6, 6.07) is -0.422. The normalized spacial score (nSPS) is 13.0. The molecule has 0 saturated carbocycles. The summed E-state index contributed by atoms with van der Waals surface area (Å²) >= 11 is 1.35.